The van der Waals surface area contributed by atoms with Gasteiger partial charge in [0.2, 0.25) is 5.67 Å². The molecule has 31 heavy (non-hydrogen) atoms. The summed E-state index contributed by atoms with van der Waals surface area (Å²) < 4.78 is 105. The van der Waals surface area contributed by atoms with Crippen LogP contribution in [0.15, 0.2) is 48.5 Å². The van der Waals surface area contributed by atoms with Gasteiger partial charge in [0.25, 0.3) is 0 Å². The van der Waals surface area contributed by atoms with Crippen LogP contribution in [0.5, 0.6) is 11.5 Å². The summed E-state index contributed by atoms with van der Waals surface area (Å²) in [6.45, 7) is 1.45. The zero-order valence-electron chi connectivity index (χ0n) is 16.0. The molecular weight excluding hydrogens is 430 g/mol. The lowest BCUT2D eigenvalue weighted by Crippen LogP contribution is -2.53. The summed E-state index contributed by atoms with van der Waals surface area (Å²) in [5, 5.41) is 0. The number of rotatable bonds is 9. The number of hydrogen-bond acceptors (Lipinski definition) is 4. The summed E-state index contributed by atoms with van der Waals surface area (Å²) in [6, 6.07) is 8.01. The molecule has 4 rings (SSSR count). The van der Waals surface area contributed by atoms with Crippen LogP contribution in [-0.4, -0.2) is 50.7 Å². The van der Waals surface area contributed by atoms with E-state index in [2.05, 4.69) is 0 Å². The number of benzene rings is 2. The highest BCUT2D eigenvalue weighted by Crippen LogP contribution is 2.54. The molecule has 0 saturated carbocycles. The lowest BCUT2D eigenvalue weighted by atomic mass is 9.82. The molecule has 2 heterocycles. The van der Waals surface area contributed by atoms with Crippen molar-refractivity contribution in [3.05, 3.63) is 59.7 Å². The van der Waals surface area contributed by atoms with Crippen LogP contribution >= 0.6 is 0 Å². The van der Waals surface area contributed by atoms with Crippen molar-refractivity contribution < 1.29 is 45.3 Å². The maximum absolute atomic E-state index is 15.9. The van der Waals surface area contributed by atoms with Crippen LogP contribution < -0.4 is 9.47 Å². The summed E-state index contributed by atoms with van der Waals surface area (Å²) in [5.74, 6) is -5.31. The average molecular weight is 448 g/mol. The Bertz CT molecular complexity index is 830. The third-order valence-electron chi connectivity index (χ3n) is 4.97. The summed E-state index contributed by atoms with van der Waals surface area (Å²) >= 11 is 0. The molecule has 2 atom stereocenters. The smallest absolute Gasteiger partial charge is 0.457 e. The van der Waals surface area contributed by atoms with Gasteiger partial charge in [0.15, 0.2) is 0 Å². The zero-order valence-corrected chi connectivity index (χ0v) is 16.0. The molecule has 2 aliphatic rings. The van der Waals surface area contributed by atoms with Gasteiger partial charge in [-0.25, -0.2) is 4.39 Å². The fraction of sp³-hybridized carbons (Fsp3) is 0.429. The minimum atomic E-state index is -6.13. The van der Waals surface area contributed by atoms with Gasteiger partial charge in [-0.05, 0) is 24.3 Å². The van der Waals surface area contributed by atoms with Gasteiger partial charge in [-0.1, -0.05) is 24.3 Å². The average Bonchev–Trinajstić information content (AvgIpc) is 3.65. The Morgan fingerprint density at radius 2 is 1.03 bits per heavy atom. The van der Waals surface area contributed by atoms with Crippen LogP contribution in [0.2, 0.25) is 0 Å². The molecule has 2 fully saturated rings. The van der Waals surface area contributed by atoms with Gasteiger partial charge in [-0.2, -0.15) is 22.0 Å². The molecule has 2 aromatic carbocycles. The Labute approximate surface area is 173 Å². The van der Waals surface area contributed by atoms with E-state index in [4.69, 9.17) is 18.9 Å². The van der Waals surface area contributed by atoms with Crippen LogP contribution in [0.1, 0.15) is 11.1 Å². The third kappa shape index (κ3) is 4.45. The molecule has 2 aromatic rings. The van der Waals surface area contributed by atoms with Crippen LogP contribution in [0.4, 0.5) is 26.3 Å². The van der Waals surface area contributed by atoms with Gasteiger partial charge in [-0.3, -0.25) is 0 Å². The molecule has 0 amide bonds. The molecule has 4 nitrogen and oxygen atoms in total. The molecule has 168 valence electrons. The van der Waals surface area contributed by atoms with Crippen molar-refractivity contribution in [1.82, 2.24) is 0 Å². The molecule has 0 aliphatic carbocycles. The van der Waals surface area contributed by atoms with Crippen LogP contribution in [0.25, 0.3) is 0 Å². The van der Waals surface area contributed by atoms with Crippen molar-refractivity contribution >= 4 is 0 Å². The zero-order chi connectivity index (χ0) is 22.3. The predicted molar refractivity (Wildman–Crippen MR) is 96.2 cm³/mol. The monoisotopic (exact) mass is 448 g/mol. The van der Waals surface area contributed by atoms with Crippen molar-refractivity contribution in [2.75, 3.05) is 26.4 Å². The maximum Gasteiger partial charge on any atom is 0.457 e. The standard InChI is InChI=1S/C21H18F6O4/c22-19(20(23,24)21(25,26)27,13-1-5-15(6-2-13)28-9-17-11-30-17)14-3-7-16(8-4-14)29-10-18-12-31-18/h1-8,17-18H,9-12H2. The van der Waals surface area contributed by atoms with Crippen LogP contribution in [-0.2, 0) is 15.1 Å². The Balaban J connectivity index is 1.64. The first kappa shape index (κ1) is 21.8. The van der Waals surface area contributed by atoms with E-state index in [0.717, 1.165) is 48.5 Å². The summed E-state index contributed by atoms with van der Waals surface area (Å²) in [6.07, 6.45) is -6.29. The fourth-order valence-electron chi connectivity index (χ4n) is 2.99. The first-order chi connectivity index (χ1) is 14.6. The largest absolute Gasteiger partial charge is 0.491 e. The molecule has 0 radical (unpaired) electrons. The molecule has 2 aliphatic heterocycles. The van der Waals surface area contributed by atoms with E-state index in [-0.39, 0.29) is 36.9 Å². The highest BCUT2D eigenvalue weighted by atomic mass is 19.4. The maximum atomic E-state index is 15.9. The molecule has 0 spiro atoms. The molecular formula is C21H18F6O4. The molecule has 2 saturated heterocycles. The fourth-order valence-corrected chi connectivity index (χ4v) is 2.99. The van der Waals surface area contributed by atoms with E-state index < -0.39 is 28.9 Å². The predicted octanol–water partition coefficient (Wildman–Crippen LogP) is 4.65. The van der Waals surface area contributed by atoms with E-state index in [1.807, 2.05) is 0 Å². The van der Waals surface area contributed by atoms with Gasteiger partial charge < -0.3 is 18.9 Å². The quantitative estimate of drug-likeness (QED) is 0.414. The lowest BCUT2D eigenvalue weighted by Gasteiger charge is -2.35. The van der Waals surface area contributed by atoms with Crippen LogP contribution in [0, 0.1) is 0 Å². The van der Waals surface area contributed by atoms with E-state index in [9.17, 15) is 22.0 Å². The van der Waals surface area contributed by atoms with Gasteiger partial charge in [0.05, 0.1) is 13.2 Å². The number of epoxide rings is 2. The highest BCUT2D eigenvalue weighted by molar-refractivity contribution is 5.44. The topological polar surface area (TPSA) is 43.5 Å². The minimum Gasteiger partial charge on any atom is -0.491 e. The second-order valence-corrected chi connectivity index (χ2v) is 7.31. The van der Waals surface area contributed by atoms with Crippen molar-refractivity contribution in [1.29, 1.82) is 0 Å². The summed E-state index contributed by atoms with van der Waals surface area (Å²) in [5.41, 5.74) is -5.88. The SMILES string of the molecule is FC(F)(F)C(F)(F)C(F)(c1ccc(OCC2CO2)cc1)c1ccc(OCC2CO2)cc1. The minimum absolute atomic E-state index is 0.0817. The molecule has 0 bridgehead atoms. The van der Waals surface area contributed by atoms with Gasteiger partial charge in [0.1, 0.15) is 36.9 Å². The number of alkyl halides is 6. The highest BCUT2D eigenvalue weighted by Gasteiger charge is 2.72. The van der Waals surface area contributed by atoms with Crippen molar-refractivity contribution in [3.63, 3.8) is 0 Å². The molecule has 2 unspecified atom stereocenters. The Morgan fingerprint density at radius 3 is 1.32 bits per heavy atom. The van der Waals surface area contributed by atoms with E-state index in [1.165, 1.54) is 0 Å². The number of hydrogen-bond donors (Lipinski definition) is 0. The van der Waals surface area contributed by atoms with Crippen molar-refractivity contribution in [2.24, 2.45) is 0 Å². The molecule has 0 aromatic heterocycles. The van der Waals surface area contributed by atoms with Gasteiger partial charge >= 0.3 is 12.1 Å². The van der Waals surface area contributed by atoms with Gasteiger partial charge in [-0.15, -0.1) is 0 Å². The van der Waals surface area contributed by atoms with Crippen LogP contribution in [0.3, 0.4) is 0 Å². The van der Waals surface area contributed by atoms with Crippen molar-refractivity contribution in [2.45, 2.75) is 30.0 Å². The molecule has 10 heteroatoms. The second kappa shape index (κ2) is 7.90. The Morgan fingerprint density at radius 1 is 0.677 bits per heavy atom. The number of ether oxygens (including phenoxy) is 4. The summed E-state index contributed by atoms with van der Waals surface area (Å²) in [4.78, 5) is 0. The Kier molecular flexibility index (Phi) is 5.55. The van der Waals surface area contributed by atoms with Crippen molar-refractivity contribution in [3.8, 4) is 11.5 Å². The second-order valence-electron chi connectivity index (χ2n) is 7.31. The van der Waals surface area contributed by atoms with E-state index >= 15 is 4.39 Å². The Hall–Kier alpha value is -2.46. The first-order valence-corrected chi connectivity index (χ1v) is 9.44. The molecule has 0 N–H and O–H groups in total. The van der Waals surface area contributed by atoms with E-state index in [1.54, 1.807) is 0 Å². The number of halogens is 6. The third-order valence-corrected chi connectivity index (χ3v) is 4.97. The van der Waals surface area contributed by atoms with E-state index in [0.29, 0.717) is 13.2 Å². The summed E-state index contributed by atoms with van der Waals surface area (Å²) in [7, 11) is 0. The van der Waals surface area contributed by atoms with Gasteiger partial charge in [0, 0.05) is 11.1 Å². The first-order valence-electron chi connectivity index (χ1n) is 9.44. The normalized spacial score (nSPS) is 22.5. The lowest BCUT2D eigenvalue weighted by molar-refractivity contribution is -0.323.